The molecule has 0 saturated heterocycles. The summed E-state index contributed by atoms with van der Waals surface area (Å²) < 4.78 is 0. The molecule has 0 aliphatic heterocycles. The molecule has 1 N–H and O–H groups in total. The lowest BCUT2D eigenvalue weighted by Gasteiger charge is -2.09. The van der Waals surface area contributed by atoms with Gasteiger partial charge in [0.15, 0.2) is 0 Å². The normalized spacial score (nSPS) is 10.8. The van der Waals surface area contributed by atoms with Gasteiger partial charge in [0.05, 0.1) is 10.7 Å². The number of nitrogens with one attached hydrogen (secondary N) is 1. The van der Waals surface area contributed by atoms with Gasteiger partial charge in [0.25, 0.3) is 0 Å². The van der Waals surface area contributed by atoms with Crippen molar-refractivity contribution in [3.63, 3.8) is 0 Å². The number of rotatable bonds is 6. The van der Waals surface area contributed by atoms with Gasteiger partial charge < -0.3 is 5.32 Å². The molecule has 0 aliphatic rings. The van der Waals surface area contributed by atoms with Gasteiger partial charge in [-0.25, -0.2) is 4.98 Å². The van der Waals surface area contributed by atoms with Crippen LogP contribution >= 0.6 is 23.4 Å². The number of thioether (sulfide) groups is 1. The summed E-state index contributed by atoms with van der Waals surface area (Å²) in [5.41, 5.74) is 0.974. The maximum atomic E-state index is 6.11. The Morgan fingerprint density at radius 1 is 1.44 bits per heavy atom. The van der Waals surface area contributed by atoms with Crippen LogP contribution < -0.4 is 5.32 Å². The summed E-state index contributed by atoms with van der Waals surface area (Å²) in [6.07, 6.45) is 1.10. The van der Waals surface area contributed by atoms with E-state index < -0.39 is 0 Å². The summed E-state index contributed by atoms with van der Waals surface area (Å²) in [6, 6.07) is 3.85. The fraction of sp³-hybridized carbons (Fsp3) is 0.583. The molecule has 0 unspecified atom stereocenters. The molecular weight excluding hydrogens is 240 g/mol. The fourth-order valence-corrected chi connectivity index (χ4v) is 2.15. The van der Waals surface area contributed by atoms with E-state index in [1.54, 1.807) is 0 Å². The van der Waals surface area contributed by atoms with E-state index in [1.165, 1.54) is 0 Å². The molecule has 0 saturated carbocycles. The Hall–Kier alpha value is -0.410. The third-order valence-corrected chi connectivity index (χ3v) is 3.48. The Morgan fingerprint density at radius 3 is 2.81 bits per heavy atom. The van der Waals surface area contributed by atoms with Crippen molar-refractivity contribution in [1.29, 1.82) is 0 Å². The molecule has 0 spiro atoms. The van der Waals surface area contributed by atoms with E-state index in [4.69, 9.17) is 11.6 Å². The Morgan fingerprint density at radius 2 is 2.19 bits per heavy atom. The Balaban J connectivity index is 2.66. The van der Waals surface area contributed by atoms with Crippen molar-refractivity contribution in [1.82, 2.24) is 4.98 Å². The van der Waals surface area contributed by atoms with Crippen LogP contribution in [0.1, 0.15) is 32.9 Å². The number of nitrogens with zero attached hydrogens (tertiary/aromatic N) is 1. The second kappa shape index (κ2) is 7.02. The molecule has 0 aliphatic carbocycles. The molecule has 1 rings (SSSR count). The fourth-order valence-electron chi connectivity index (χ4n) is 1.18. The van der Waals surface area contributed by atoms with Crippen LogP contribution in [0.25, 0.3) is 0 Å². The second-order valence-electron chi connectivity index (χ2n) is 3.91. The van der Waals surface area contributed by atoms with Crippen LogP contribution in [-0.2, 0) is 5.75 Å². The van der Waals surface area contributed by atoms with E-state index in [-0.39, 0.29) is 0 Å². The Labute approximate surface area is 107 Å². The average Bonchev–Trinajstić information content (AvgIpc) is 2.26. The number of anilines is 1. The van der Waals surface area contributed by atoms with Gasteiger partial charge in [0.1, 0.15) is 5.82 Å². The first-order valence-electron chi connectivity index (χ1n) is 5.64. The zero-order chi connectivity index (χ0) is 12.0. The van der Waals surface area contributed by atoms with E-state index in [0.29, 0.717) is 5.25 Å². The molecular formula is C12H19ClN2S. The number of hydrogen-bond acceptors (Lipinski definition) is 3. The minimum atomic E-state index is 0.602. The lowest BCUT2D eigenvalue weighted by molar-refractivity contribution is 0.964. The lowest BCUT2D eigenvalue weighted by atomic mass is 10.3. The first kappa shape index (κ1) is 13.7. The van der Waals surface area contributed by atoms with Crippen LogP contribution in [0.2, 0.25) is 5.02 Å². The maximum absolute atomic E-state index is 6.11. The molecule has 0 aromatic carbocycles. The van der Waals surface area contributed by atoms with Gasteiger partial charge in [-0.1, -0.05) is 32.4 Å². The number of halogens is 1. The molecule has 0 radical (unpaired) electrons. The minimum Gasteiger partial charge on any atom is -0.370 e. The molecule has 0 bridgehead atoms. The van der Waals surface area contributed by atoms with Gasteiger partial charge in [0, 0.05) is 12.3 Å². The highest BCUT2D eigenvalue weighted by Gasteiger charge is 2.05. The zero-order valence-electron chi connectivity index (χ0n) is 10.1. The predicted octanol–water partition coefficient (Wildman–Crippen LogP) is 4.20. The Bertz CT molecular complexity index is 329. The van der Waals surface area contributed by atoms with Gasteiger partial charge in [-0.2, -0.15) is 11.8 Å². The van der Waals surface area contributed by atoms with E-state index in [9.17, 15) is 0 Å². The number of aromatic nitrogens is 1. The number of hydrogen-bond donors (Lipinski definition) is 1. The van der Waals surface area contributed by atoms with Crippen molar-refractivity contribution in [2.75, 3.05) is 11.9 Å². The van der Waals surface area contributed by atoms with Crippen molar-refractivity contribution in [2.45, 2.75) is 38.2 Å². The number of pyridine rings is 1. The summed E-state index contributed by atoms with van der Waals surface area (Å²) in [6.45, 7) is 7.44. The molecule has 90 valence electrons. The topological polar surface area (TPSA) is 24.9 Å². The standard InChI is InChI=1S/C12H19ClN2S/c1-4-7-14-12-6-5-10(13)11(15-12)8-16-9(2)3/h5-6,9H,4,7-8H2,1-3H3,(H,14,15). The maximum Gasteiger partial charge on any atom is 0.126 e. The van der Waals surface area contributed by atoms with E-state index in [1.807, 2.05) is 23.9 Å². The van der Waals surface area contributed by atoms with Gasteiger partial charge in [-0.05, 0) is 23.8 Å². The first-order chi connectivity index (χ1) is 7.63. The monoisotopic (exact) mass is 258 g/mol. The van der Waals surface area contributed by atoms with Crippen molar-refractivity contribution in [3.8, 4) is 0 Å². The van der Waals surface area contributed by atoms with E-state index >= 15 is 0 Å². The summed E-state index contributed by atoms with van der Waals surface area (Å²) >= 11 is 7.97. The van der Waals surface area contributed by atoms with Gasteiger partial charge in [0.2, 0.25) is 0 Å². The van der Waals surface area contributed by atoms with Gasteiger partial charge >= 0.3 is 0 Å². The summed E-state index contributed by atoms with van der Waals surface area (Å²) in [5.74, 6) is 1.80. The molecule has 4 heteroatoms. The second-order valence-corrected chi connectivity index (χ2v) is 5.88. The highest BCUT2D eigenvalue weighted by molar-refractivity contribution is 7.99. The molecule has 16 heavy (non-hydrogen) atoms. The predicted molar refractivity (Wildman–Crippen MR) is 74.5 cm³/mol. The molecule has 1 aromatic heterocycles. The molecule has 2 nitrogen and oxygen atoms in total. The molecule has 0 amide bonds. The first-order valence-corrected chi connectivity index (χ1v) is 7.07. The van der Waals surface area contributed by atoms with Crippen LogP contribution in [0.4, 0.5) is 5.82 Å². The minimum absolute atomic E-state index is 0.602. The van der Waals surface area contributed by atoms with Gasteiger partial charge in [-0.15, -0.1) is 0 Å². The van der Waals surface area contributed by atoms with Crippen LogP contribution in [0.3, 0.4) is 0 Å². The third kappa shape index (κ3) is 4.62. The SMILES string of the molecule is CCCNc1ccc(Cl)c(CSC(C)C)n1. The largest absolute Gasteiger partial charge is 0.370 e. The summed E-state index contributed by atoms with van der Waals surface area (Å²) in [7, 11) is 0. The Kier molecular flexibility index (Phi) is 5.99. The third-order valence-electron chi connectivity index (χ3n) is 2.03. The van der Waals surface area contributed by atoms with E-state index in [2.05, 4.69) is 31.1 Å². The lowest BCUT2D eigenvalue weighted by Crippen LogP contribution is -2.03. The molecule has 1 aromatic rings. The average molecular weight is 259 g/mol. The summed E-state index contributed by atoms with van der Waals surface area (Å²) in [5, 5.41) is 4.63. The van der Waals surface area contributed by atoms with Gasteiger partial charge in [-0.3, -0.25) is 0 Å². The zero-order valence-corrected chi connectivity index (χ0v) is 11.7. The molecule has 1 heterocycles. The molecule has 0 atom stereocenters. The van der Waals surface area contributed by atoms with Crippen LogP contribution in [0.15, 0.2) is 12.1 Å². The van der Waals surface area contributed by atoms with E-state index in [0.717, 1.165) is 35.3 Å². The van der Waals surface area contributed by atoms with Crippen molar-refractivity contribution < 1.29 is 0 Å². The highest BCUT2D eigenvalue weighted by Crippen LogP contribution is 2.23. The van der Waals surface area contributed by atoms with Crippen molar-refractivity contribution >= 4 is 29.2 Å². The van der Waals surface area contributed by atoms with Crippen LogP contribution in [0.5, 0.6) is 0 Å². The summed E-state index contributed by atoms with van der Waals surface area (Å²) in [4.78, 5) is 4.52. The quantitative estimate of drug-likeness (QED) is 0.828. The van der Waals surface area contributed by atoms with Crippen LogP contribution in [-0.4, -0.2) is 16.8 Å². The highest BCUT2D eigenvalue weighted by atomic mass is 35.5. The van der Waals surface area contributed by atoms with Crippen LogP contribution in [0, 0.1) is 0 Å². The smallest absolute Gasteiger partial charge is 0.126 e. The molecule has 0 fully saturated rings. The van der Waals surface area contributed by atoms with Crippen molar-refractivity contribution in [3.05, 3.63) is 22.8 Å². The van der Waals surface area contributed by atoms with Crippen molar-refractivity contribution in [2.24, 2.45) is 0 Å².